The first kappa shape index (κ1) is 19.2. The van der Waals surface area contributed by atoms with Crippen LogP contribution in [0.1, 0.15) is 5.56 Å². The number of hydrogen-bond acceptors (Lipinski definition) is 3. The van der Waals surface area contributed by atoms with Crippen molar-refractivity contribution in [1.82, 2.24) is 4.98 Å². The molecule has 5 nitrogen and oxygen atoms in total. The van der Waals surface area contributed by atoms with Gasteiger partial charge in [0.15, 0.2) is 0 Å². The monoisotopic (exact) mass is 394 g/mol. The molecule has 4 aromatic rings. The maximum absolute atomic E-state index is 12.2. The molecule has 0 radical (unpaired) electrons. The molecular formula is C25H22N4O. The molecule has 148 valence electrons. The predicted molar refractivity (Wildman–Crippen MR) is 122 cm³/mol. The molecule has 5 heteroatoms. The number of anilines is 4. The summed E-state index contributed by atoms with van der Waals surface area (Å²) in [6.07, 6.45) is 1.67. The highest BCUT2D eigenvalue weighted by atomic mass is 16.2. The van der Waals surface area contributed by atoms with Crippen molar-refractivity contribution in [3.8, 4) is 0 Å². The van der Waals surface area contributed by atoms with E-state index in [1.807, 2.05) is 78.9 Å². The molecule has 30 heavy (non-hydrogen) atoms. The first-order valence-electron chi connectivity index (χ1n) is 9.73. The van der Waals surface area contributed by atoms with Crippen molar-refractivity contribution >= 4 is 28.9 Å². The average Bonchev–Trinajstić information content (AvgIpc) is 2.80. The fraction of sp³-hybridized carbons (Fsp3) is 0.0400. The molecule has 0 aliphatic carbocycles. The van der Waals surface area contributed by atoms with Crippen molar-refractivity contribution in [2.75, 3.05) is 15.5 Å². The number of hydrogen-bond donors (Lipinski definition) is 2. The van der Waals surface area contributed by atoms with Gasteiger partial charge in [-0.25, -0.2) is 9.78 Å². The van der Waals surface area contributed by atoms with Crippen LogP contribution in [-0.2, 0) is 6.54 Å². The normalized spacial score (nSPS) is 10.3. The van der Waals surface area contributed by atoms with Crippen molar-refractivity contribution in [2.45, 2.75) is 6.54 Å². The van der Waals surface area contributed by atoms with Crippen LogP contribution in [0, 0.1) is 0 Å². The van der Waals surface area contributed by atoms with Crippen molar-refractivity contribution in [3.63, 3.8) is 0 Å². The molecule has 2 N–H and O–H groups in total. The second-order valence-corrected chi connectivity index (χ2v) is 6.76. The SMILES string of the molecule is O=C(Nc1ccccc1)Nc1ccc(N(Cc2ccccc2)c2ccccc2)nc1. The summed E-state index contributed by atoms with van der Waals surface area (Å²) in [6, 6.07) is 33.2. The van der Waals surface area contributed by atoms with Gasteiger partial charge in [-0.3, -0.25) is 0 Å². The van der Waals surface area contributed by atoms with Gasteiger partial charge in [-0.05, 0) is 42.0 Å². The van der Waals surface area contributed by atoms with Crippen LogP contribution in [0.15, 0.2) is 109 Å². The standard InChI is InChI=1S/C25H22N4O/c30-25(27-21-12-6-2-7-13-21)28-22-16-17-24(26-18-22)29(23-14-8-3-9-15-23)19-20-10-4-1-5-11-20/h1-18H,19H2,(H2,27,28,30). The van der Waals surface area contributed by atoms with Crippen LogP contribution < -0.4 is 15.5 Å². The minimum Gasteiger partial charge on any atom is -0.322 e. The Labute approximate surface area is 176 Å². The summed E-state index contributed by atoms with van der Waals surface area (Å²) in [5, 5.41) is 5.61. The summed E-state index contributed by atoms with van der Waals surface area (Å²) in [5.41, 5.74) is 3.60. The third-order valence-electron chi connectivity index (χ3n) is 4.57. The summed E-state index contributed by atoms with van der Waals surface area (Å²) in [5.74, 6) is 0.805. The first-order valence-corrected chi connectivity index (χ1v) is 9.73. The lowest BCUT2D eigenvalue weighted by molar-refractivity contribution is 0.262. The summed E-state index contributed by atoms with van der Waals surface area (Å²) in [4.78, 5) is 18.9. The maximum Gasteiger partial charge on any atom is 0.323 e. The summed E-state index contributed by atoms with van der Waals surface area (Å²) < 4.78 is 0. The number of rotatable bonds is 6. The highest BCUT2D eigenvalue weighted by Gasteiger charge is 2.12. The molecule has 0 atom stereocenters. The van der Waals surface area contributed by atoms with E-state index in [4.69, 9.17) is 0 Å². The Kier molecular flexibility index (Phi) is 6.01. The first-order chi connectivity index (χ1) is 14.8. The molecule has 2 amide bonds. The Morgan fingerprint density at radius 1 is 0.700 bits per heavy atom. The second kappa shape index (κ2) is 9.39. The number of aromatic nitrogens is 1. The topological polar surface area (TPSA) is 57.3 Å². The van der Waals surface area contributed by atoms with E-state index < -0.39 is 0 Å². The molecule has 0 saturated heterocycles. The molecular weight excluding hydrogens is 372 g/mol. The zero-order valence-corrected chi connectivity index (χ0v) is 16.4. The summed E-state index contributed by atoms with van der Waals surface area (Å²) >= 11 is 0. The Bertz CT molecular complexity index is 1070. The number of nitrogens with one attached hydrogen (secondary N) is 2. The maximum atomic E-state index is 12.2. The van der Waals surface area contributed by atoms with E-state index in [1.165, 1.54) is 5.56 Å². The zero-order chi connectivity index (χ0) is 20.6. The van der Waals surface area contributed by atoms with Crippen LogP contribution in [-0.4, -0.2) is 11.0 Å². The third kappa shape index (κ3) is 5.02. The van der Waals surface area contributed by atoms with Crippen LogP contribution in [0.2, 0.25) is 0 Å². The number of pyridine rings is 1. The molecule has 3 aromatic carbocycles. The fourth-order valence-corrected chi connectivity index (χ4v) is 3.11. The van der Waals surface area contributed by atoms with E-state index in [9.17, 15) is 4.79 Å². The number of carbonyl (C=O) groups excluding carboxylic acids is 1. The molecule has 0 aliphatic heterocycles. The predicted octanol–water partition coefficient (Wildman–Crippen LogP) is 6.06. The van der Waals surface area contributed by atoms with Gasteiger partial charge in [0.1, 0.15) is 5.82 Å². The Morgan fingerprint density at radius 2 is 1.30 bits per heavy atom. The van der Waals surface area contributed by atoms with Crippen LogP contribution in [0.4, 0.5) is 27.7 Å². The van der Waals surface area contributed by atoms with Crippen molar-refractivity contribution in [3.05, 3.63) is 115 Å². The number of urea groups is 1. The van der Waals surface area contributed by atoms with Crippen molar-refractivity contribution in [2.24, 2.45) is 0 Å². The van der Waals surface area contributed by atoms with Crippen LogP contribution in [0.5, 0.6) is 0 Å². The minimum atomic E-state index is -0.306. The van der Waals surface area contributed by atoms with E-state index in [1.54, 1.807) is 6.20 Å². The van der Waals surface area contributed by atoms with Crippen LogP contribution in [0.25, 0.3) is 0 Å². The van der Waals surface area contributed by atoms with Gasteiger partial charge in [0.2, 0.25) is 0 Å². The van der Waals surface area contributed by atoms with Gasteiger partial charge in [-0.15, -0.1) is 0 Å². The van der Waals surface area contributed by atoms with E-state index in [2.05, 4.69) is 44.8 Å². The molecule has 0 bridgehead atoms. The zero-order valence-electron chi connectivity index (χ0n) is 16.4. The van der Waals surface area contributed by atoms with Crippen LogP contribution >= 0.6 is 0 Å². The van der Waals surface area contributed by atoms with Crippen LogP contribution in [0.3, 0.4) is 0 Å². The summed E-state index contributed by atoms with van der Waals surface area (Å²) in [6.45, 7) is 0.694. The van der Waals surface area contributed by atoms with Crippen molar-refractivity contribution in [1.29, 1.82) is 0 Å². The molecule has 0 fully saturated rings. The quantitative estimate of drug-likeness (QED) is 0.418. The number of amides is 2. The highest BCUT2D eigenvalue weighted by Crippen LogP contribution is 2.26. The lowest BCUT2D eigenvalue weighted by atomic mass is 10.2. The molecule has 0 aliphatic rings. The number of nitrogens with zero attached hydrogens (tertiary/aromatic N) is 2. The molecule has 0 unspecified atom stereocenters. The second-order valence-electron chi connectivity index (χ2n) is 6.76. The van der Waals surface area contributed by atoms with Gasteiger partial charge in [0.25, 0.3) is 0 Å². The van der Waals surface area contributed by atoms with Crippen molar-refractivity contribution < 1.29 is 4.79 Å². The Hall–Kier alpha value is -4.12. The van der Waals surface area contributed by atoms with Gasteiger partial charge in [-0.1, -0.05) is 66.7 Å². The Morgan fingerprint density at radius 3 is 1.93 bits per heavy atom. The average molecular weight is 394 g/mol. The van der Waals surface area contributed by atoms with E-state index in [0.717, 1.165) is 17.2 Å². The molecule has 4 rings (SSSR count). The van der Waals surface area contributed by atoms with E-state index in [-0.39, 0.29) is 6.03 Å². The van der Waals surface area contributed by atoms with E-state index >= 15 is 0 Å². The number of carbonyl (C=O) groups is 1. The Balaban J connectivity index is 1.50. The fourth-order valence-electron chi connectivity index (χ4n) is 3.11. The van der Waals surface area contributed by atoms with Gasteiger partial charge < -0.3 is 15.5 Å². The molecule has 1 heterocycles. The molecule has 1 aromatic heterocycles. The van der Waals surface area contributed by atoms with Gasteiger partial charge in [0, 0.05) is 17.9 Å². The van der Waals surface area contributed by atoms with Gasteiger partial charge >= 0.3 is 6.03 Å². The number of benzene rings is 3. The smallest absolute Gasteiger partial charge is 0.322 e. The van der Waals surface area contributed by atoms with E-state index in [0.29, 0.717) is 12.2 Å². The third-order valence-corrected chi connectivity index (χ3v) is 4.57. The lowest BCUT2D eigenvalue weighted by Gasteiger charge is -2.24. The minimum absolute atomic E-state index is 0.306. The largest absolute Gasteiger partial charge is 0.323 e. The van der Waals surface area contributed by atoms with Gasteiger partial charge in [0.05, 0.1) is 11.9 Å². The van der Waals surface area contributed by atoms with Gasteiger partial charge in [-0.2, -0.15) is 0 Å². The lowest BCUT2D eigenvalue weighted by Crippen LogP contribution is -2.20. The summed E-state index contributed by atoms with van der Waals surface area (Å²) in [7, 11) is 0. The number of para-hydroxylation sites is 2. The highest BCUT2D eigenvalue weighted by molar-refractivity contribution is 5.99. The molecule has 0 spiro atoms. The molecule has 0 saturated carbocycles.